The van der Waals surface area contributed by atoms with Gasteiger partial charge in [-0.2, -0.15) is 0 Å². The molecule has 0 atom stereocenters. The average molecular weight is 859 g/mol. The van der Waals surface area contributed by atoms with Gasteiger partial charge in [-0.25, -0.2) is 9.97 Å². The van der Waals surface area contributed by atoms with Crippen LogP contribution in [0.2, 0.25) is 0 Å². The Kier molecular flexibility index (Phi) is 8.47. The lowest BCUT2D eigenvalue weighted by Crippen LogP contribution is -2.09. The summed E-state index contributed by atoms with van der Waals surface area (Å²) >= 11 is 3.43. The summed E-state index contributed by atoms with van der Waals surface area (Å²) in [5, 5.41) is 6.12. The van der Waals surface area contributed by atoms with E-state index in [1.807, 2.05) is 24.3 Å². The van der Waals surface area contributed by atoms with Gasteiger partial charge in [-0.15, -0.1) is 22.7 Å². The van der Waals surface area contributed by atoms with Crippen molar-refractivity contribution in [3.63, 3.8) is 0 Å². The molecule has 0 N–H and O–H groups in total. The van der Waals surface area contributed by atoms with E-state index in [4.69, 9.17) is 18.8 Å². The molecule has 0 aliphatic carbocycles. The van der Waals surface area contributed by atoms with Crippen LogP contribution in [-0.4, -0.2) is 9.97 Å². The van der Waals surface area contributed by atoms with Crippen molar-refractivity contribution in [1.82, 2.24) is 9.97 Å². The standard InChI is InChI=1S/C56H34N4O2S2/c1-3-11-37(12-4-1)59(39-23-19-35(20-24-39)55-57-47-15-7-9-17-53(47)63-55)41-27-29-43-45-33-52-46(34-51(45)61-49(43)31-41)44-30-28-42(32-50(44)62-52)60(38-13-5-2-6-14-38)40-25-21-36(22-26-40)56-58-48-16-8-10-18-54(48)64-56/h1-34H. The van der Waals surface area contributed by atoms with Crippen molar-refractivity contribution in [2.75, 3.05) is 9.80 Å². The van der Waals surface area contributed by atoms with Crippen LogP contribution in [0.5, 0.6) is 0 Å². The van der Waals surface area contributed by atoms with Crippen LogP contribution in [0.4, 0.5) is 34.1 Å². The van der Waals surface area contributed by atoms with E-state index < -0.39 is 0 Å². The van der Waals surface area contributed by atoms with E-state index in [1.165, 1.54) is 9.40 Å². The van der Waals surface area contributed by atoms with Gasteiger partial charge in [0.05, 0.1) is 20.4 Å². The summed E-state index contributed by atoms with van der Waals surface area (Å²) in [7, 11) is 0. The Morgan fingerprint density at radius 3 is 1.09 bits per heavy atom. The zero-order valence-corrected chi connectivity index (χ0v) is 35.7. The normalized spacial score (nSPS) is 11.8. The van der Waals surface area contributed by atoms with Gasteiger partial charge < -0.3 is 18.6 Å². The van der Waals surface area contributed by atoms with Crippen LogP contribution in [0.3, 0.4) is 0 Å². The van der Waals surface area contributed by atoms with Gasteiger partial charge in [-0.3, -0.25) is 0 Å². The molecule has 9 aromatic carbocycles. The smallest absolute Gasteiger partial charge is 0.137 e. The highest BCUT2D eigenvalue weighted by Gasteiger charge is 2.20. The van der Waals surface area contributed by atoms with E-state index in [0.717, 1.165) is 110 Å². The summed E-state index contributed by atoms with van der Waals surface area (Å²) < 4.78 is 15.8. The maximum Gasteiger partial charge on any atom is 0.137 e. The number of fused-ring (bicyclic) bond motifs is 8. The topological polar surface area (TPSA) is 58.5 Å². The van der Waals surface area contributed by atoms with E-state index in [2.05, 4.69) is 192 Å². The molecule has 0 radical (unpaired) electrons. The number of hydrogen-bond donors (Lipinski definition) is 0. The maximum atomic E-state index is 6.70. The van der Waals surface area contributed by atoms with Crippen molar-refractivity contribution in [1.29, 1.82) is 0 Å². The molecule has 4 aromatic heterocycles. The highest BCUT2D eigenvalue weighted by molar-refractivity contribution is 7.22. The fourth-order valence-corrected chi connectivity index (χ4v) is 10.8. The number of hydrogen-bond acceptors (Lipinski definition) is 8. The van der Waals surface area contributed by atoms with E-state index in [9.17, 15) is 0 Å². The Balaban J connectivity index is 0.851. The fraction of sp³-hybridized carbons (Fsp3) is 0. The molecule has 8 heteroatoms. The predicted molar refractivity (Wildman–Crippen MR) is 268 cm³/mol. The van der Waals surface area contributed by atoms with Crippen molar-refractivity contribution in [3.8, 4) is 21.1 Å². The molecule has 13 aromatic rings. The third-order valence-electron chi connectivity index (χ3n) is 11.9. The highest BCUT2D eigenvalue weighted by Crippen LogP contribution is 2.44. The van der Waals surface area contributed by atoms with Crippen LogP contribution in [0.25, 0.3) is 85.5 Å². The number of thiazole rings is 2. The molecule has 0 amide bonds. The summed E-state index contributed by atoms with van der Waals surface area (Å²) in [4.78, 5) is 14.3. The summed E-state index contributed by atoms with van der Waals surface area (Å²) in [6.45, 7) is 0. The Bertz CT molecular complexity index is 3530. The molecule has 13 rings (SSSR count). The summed E-state index contributed by atoms with van der Waals surface area (Å²) in [5.74, 6) is 0. The first kappa shape index (κ1) is 36.6. The summed E-state index contributed by atoms with van der Waals surface area (Å²) in [6.07, 6.45) is 0. The van der Waals surface area contributed by atoms with Crippen molar-refractivity contribution < 1.29 is 8.83 Å². The Morgan fingerprint density at radius 2 is 0.672 bits per heavy atom. The van der Waals surface area contributed by atoms with E-state index in [0.29, 0.717) is 0 Å². The lowest BCUT2D eigenvalue weighted by molar-refractivity contribution is 0.664. The number of para-hydroxylation sites is 4. The molecule has 0 saturated heterocycles. The Morgan fingerprint density at radius 1 is 0.312 bits per heavy atom. The minimum Gasteiger partial charge on any atom is -0.456 e. The number of furan rings is 2. The third-order valence-corrected chi connectivity index (χ3v) is 14.1. The number of anilines is 6. The summed E-state index contributed by atoms with van der Waals surface area (Å²) in [5.41, 5.74) is 13.7. The van der Waals surface area contributed by atoms with Crippen LogP contribution < -0.4 is 9.80 Å². The Labute approximate surface area is 375 Å². The lowest BCUT2D eigenvalue weighted by Gasteiger charge is -2.25. The second-order valence-electron chi connectivity index (χ2n) is 15.8. The van der Waals surface area contributed by atoms with E-state index in [1.54, 1.807) is 22.7 Å². The maximum absolute atomic E-state index is 6.70. The van der Waals surface area contributed by atoms with Crippen LogP contribution in [0.15, 0.2) is 215 Å². The lowest BCUT2D eigenvalue weighted by atomic mass is 10.1. The largest absolute Gasteiger partial charge is 0.456 e. The molecule has 0 spiro atoms. The molecule has 64 heavy (non-hydrogen) atoms. The van der Waals surface area contributed by atoms with Gasteiger partial charge >= 0.3 is 0 Å². The quantitative estimate of drug-likeness (QED) is 0.152. The molecule has 4 heterocycles. The third kappa shape index (κ3) is 6.22. The molecule has 0 unspecified atom stereocenters. The fourth-order valence-electron chi connectivity index (χ4n) is 8.85. The van der Waals surface area contributed by atoms with Crippen molar-refractivity contribution in [2.45, 2.75) is 0 Å². The minimum atomic E-state index is 0.812. The van der Waals surface area contributed by atoms with Crippen molar-refractivity contribution >= 4 is 121 Å². The predicted octanol–water partition coefficient (Wildman–Crippen LogP) is 17.0. The van der Waals surface area contributed by atoms with Gasteiger partial charge in [0.1, 0.15) is 32.3 Å². The molecule has 6 nitrogen and oxygen atoms in total. The molecule has 0 aliphatic rings. The van der Waals surface area contributed by atoms with Gasteiger partial charge in [-0.1, -0.05) is 60.7 Å². The van der Waals surface area contributed by atoms with Crippen LogP contribution >= 0.6 is 22.7 Å². The average Bonchev–Trinajstić information content (AvgIpc) is 4.14. The second kappa shape index (κ2) is 14.8. The number of aromatic nitrogens is 2. The van der Waals surface area contributed by atoms with Gasteiger partial charge in [0.15, 0.2) is 0 Å². The first-order valence-electron chi connectivity index (χ1n) is 21.1. The summed E-state index contributed by atoms with van der Waals surface area (Å²) in [6, 6.07) is 72.0. The molecular weight excluding hydrogens is 825 g/mol. The van der Waals surface area contributed by atoms with Gasteiger partial charge in [0, 0.05) is 78.9 Å². The van der Waals surface area contributed by atoms with E-state index in [-0.39, 0.29) is 0 Å². The van der Waals surface area contributed by atoms with Crippen molar-refractivity contribution in [3.05, 3.63) is 206 Å². The molecule has 0 saturated carbocycles. The molecule has 0 fully saturated rings. The number of nitrogens with zero attached hydrogens (tertiary/aromatic N) is 4. The zero-order valence-electron chi connectivity index (χ0n) is 34.1. The van der Waals surface area contributed by atoms with E-state index >= 15 is 0 Å². The second-order valence-corrected chi connectivity index (χ2v) is 17.9. The number of benzene rings is 9. The van der Waals surface area contributed by atoms with Crippen LogP contribution in [0.1, 0.15) is 0 Å². The first-order chi connectivity index (χ1) is 31.7. The zero-order chi connectivity index (χ0) is 42.1. The monoisotopic (exact) mass is 858 g/mol. The molecule has 0 aliphatic heterocycles. The van der Waals surface area contributed by atoms with Crippen LogP contribution in [0, 0.1) is 0 Å². The van der Waals surface area contributed by atoms with Gasteiger partial charge in [-0.05, 0) is 133 Å². The first-order valence-corrected chi connectivity index (χ1v) is 22.8. The Hall–Kier alpha value is -8.04. The van der Waals surface area contributed by atoms with Gasteiger partial charge in [0.2, 0.25) is 0 Å². The molecular formula is C56H34N4O2S2. The number of rotatable bonds is 8. The minimum absolute atomic E-state index is 0.812. The SMILES string of the molecule is c1ccc(N(c2ccc(-c3nc4ccccc4s3)cc2)c2ccc3c(c2)oc2cc4c(cc23)oc2cc(N(c3ccccc3)c3ccc(-c5nc6ccccc6s5)cc3)ccc24)cc1. The van der Waals surface area contributed by atoms with Crippen LogP contribution in [-0.2, 0) is 0 Å². The molecule has 0 bridgehead atoms. The molecule has 302 valence electrons. The van der Waals surface area contributed by atoms with Crippen molar-refractivity contribution in [2.24, 2.45) is 0 Å². The highest BCUT2D eigenvalue weighted by atomic mass is 32.1. The van der Waals surface area contributed by atoms with Gasteiger partial charge in [0.25, 0.3) is 0 Å².